The molecule has 10 aromatic rings. The largest absolute Gasteiger partial charge is 0.456 e. The number of fused-ring (bicyclic) bond motifs is 9. The number of aromatic nitrogens is 3. The number of benzene rings is 8. The molecule has 0 aliphatic heterocycles. The second-order valence-corrected chi connectivity index (χ2v) is 12.4. The van der Waals surface area contributed by atoms with Gasteiger partial charge in [-0.2, -0.15) is 0 Å². The number of hydrogen-bond donors (Lipinski definition) is 0. The number of nitrogens with zero attached hydrogens (tertiary/aromatic N) is 3. The molecule has 0 amide bonds. The summed E-state index contributed by atoms with van der Waals surface area (Å²) in [5.41, 5.74) is 6.72. The van der Waals surface area contributed by atoms with Gasteiger partial charge >= 0.3 is 0 Å². The molecule has 0 saturated heterocycles. The van der Waals surface area contributed by atoms with Gasteiger partial charge in [0.15, 0.2) is 17.5 Å². The summed E-state index contributed by atoms with van der Waals surface area (Å²) in [6.45, 7) is 0. The molecule has 0 saturated carbocycles. The maximum atomic E-state index is 6.50. The van der Waals surface area contributed by atoms with E-state index >= 15 is 0 Å². The Morgan fingerprint density at radius 1 is 0.265 bits per heavy atom. The van der Waals surface area contributed by atoms with E-state index in [1.165, 1.54) is 32.3 Å². The van der Waals surface area contributed by atoms with Gasteiger partial charge in [-0.1, -0.05) is 127 Å². The van der Waals surface area contributed by atoms with Crippen LogP contribution in [-0.4, -0.2) is 15.0 Å². The molecular formula is C45H27N3O. The fraction of sp³-hybridized carbons (Fsp3) is 0. The third-order valence-electron chi connectivity index (χ3n) is 9.49. The minimum Gasteiger partial charge on any atom is -0.456 e. The Labute approximate surface area is 282 Å². The highest BCUT2D eigenvalue weighted by Crippen LogP contribution is 2.40. The van der Waals surface area contributed by atoms with Gasteiger partial charge in [0.2, 0.25) is 0 Å². The van der Waals surface area contributed by atoms with E-state index in [-0.39, 0.29) is 0 Å². The highest BCUT2D eigenvalue weighted by molar-refractivity contribution is 6.28. The number of hydrogen-bond acceptors (Lipinski definition) is 4. The molecule has 0 aliphatic rings. The molecule has 0 aliphatic carbocycles. The van der Waals surface area contributed by atoms with E-state index in [1.54, 1.807) is 0 Å². The summed E-state index contributed by atoms with van der Waals surface area (Å²) in [5.74, 6) is 1.87. The van der Waals surface area contributed by atoms with Gasteiger partial charge < -0.3 is 4.42 Å². The lowest BCUT2D eigenvalue weighted by atomic mass is 9.93. The molecule has 228 valence electrons. The van der Waals surface area contributed by atoms with Crippen molar-refractivity contribution >= 4 is 54.3 Å². The van der Waals surface area contributed by atoms with Crippen LogP contribution in [0.4, 0.5) is 0 Å². The van der Waals surface area contributed by atoms with Crippen molar-refractivity contribution in [1.29, 1.82) is 0 Å². The summed E-state index contributed by atoms with van der Waals surface area (Å²) in [4.78, 5) is 15.1. The van der Waals surface area contributed by atoms with Gasteiger partial charge in [0.05, 0.1) is 0 Å². The molecule has 10 rings (SSSR count). The average molecular weight is 626 g/mol. The Bertz CT molecular complexity index is 2880. The van der Waals surface area contributed by atoms with Crippen LogP contribution >= 0.6 is 0 Å². The van der Waals surface area contributed by atoms with Gasteiger partial charge in [0.25, 0.3) is 0 Å². The zero-order valence-electron chi connectivity index (χ0n) is 26.3. The van der Waals surface area contributed by atoms with Crippen LogP contribution in [-0.2, 0) is 0 Å². The maximum Gasteiger partial charge on any atom is 0.164 e. The molecule has 0 spiro atoms. The van der Waals surface area contributed by atoms with E-state index in [4.69, 9.17) is 19.4 Å². The predicted molar refractivity (Wildman–Crippen MR) is 201 cm³/mol. The fourth-order valence-electron chi connectivity index (χ4n) is 7.13. The number of rotatable bonds is 4. The molecule has 4 nitrogen and oxygen atoms in total. The SMILES string of the molecule is c1ccc(-c2cccc(-c3nc(-c4ccccc4)nc(-c4ccc5oc6cc7c8ccccc8c8ccccc8c7cc6c5c4)n3)c2)cc1. The Morgan fingerprint density at radius 2 is 0.735 bits per heavy atom. The molecule has 0 bridgehead atoms. The minimum absolute atomic E-state index is 0.613. The molecule has 2 heterocycles. The minimum atomic E-state index is 0.613. The van der Waals surface area contributed by atoms with E-state index in [0.29, 0.717) is 17.5 Å². The molecule has 0 atom stereocenters. The van der Waals surface area contributed by atoms with Crippen LogP contribution < -0.4 is 0 Å². The van der Waals surface area contributed by atoms with Crippen molar-refractivity contribution in [3.05, 3.63) is 164 Å². The monoisotopic (exact) mass is 625 g/mol. The van der Waals surface area contributed by atoms with E-state index in [1.807, 2.05) is 48.5 Å². The maximum absolute atomic E-state index is 6.50. The first kappa shape index (κ1) is 27.5. The highest BCUT2D eigenvalue weighted by atomic mass is 16.3. The van der Waals surface area contributed by atoms with Gasteiger partial charge in [-0.25, -0.2) is 15.0 Å². The first-order valence-electron chi connectivity index (χ1n) is 16.4. The lowest BCUT2D eigenvalue weighted by Gasteiger charge is -2.10. The van der Waals surface area contributed by atoms with E-state index in [2.05, 4.69) is 115 Å². The van der Waals surface area contributed by atoms with Gasteiger partial charge in [-0.15, -0.1) is 0 Å². The molecule has 2 aromatic heterocycles. The zero-order valence-corrected chi connectivity index (χ0v) is 26.3. The summed E-state index contributed by atoms with van der Waals surface area (Å²) in [6.07, 6.45) is 0. The third-order valence-corrected chi connectivity index (χ3v) is 9.49. The van der Waals surface area contributed by atoms with Gasteiger partial charge in [-0.05, 0) is 79.8 Å². The molecule has 0 fully saturated rings. The Kier molecular flexibility index (Phi) is 6.15. The van der Waals surface area contributed by atoms with Crippen molar-refractivity contribution in [2.45, 2.75) is 0 Å². The van der Waals surface area contributed by atoms with Crippen LogP contribution in [0.15, 0.2) is 168 Å². The van der Waals surface area contributed by atoms with Crippen molar-refractivity contribution in [2.24, 2.45) is 0 Å². The summed E-state index contributed by atoms with van der Waals surface area (Å²) in [5, 5.41) is 9.45. The second kappa shape index (κ2) is 11.0. The van der Waals surface area contributed by atoms with Crippen LogP contribution in [0, 0.1) is 0 Å². The topological polar surface area (TPSA) is 51.8 Å². The van der Waals surface area contributed by atoms with E-state index in [9.17, 15) is 0 Å². The molecule has 49 heavy (non-hydrogen) atoms. The summed E-state index contributed by atoms with van der Waals surface area (Å²) < 4.78 is 6.50. The lowest BCUT2D eigenvalue weighted by molar-refractivity contribution is 0.669. The quantitative estimate of drug-likeness (QED) is 0.183. The first-order chi connectivity index (χ1) is 24.3. The summed E-state index contributed by atoms with van der Waals surface area (Å²) >= 11 is 0. The normalized spacial score (nSPS) is 11.7. The van der Waals surface area contributed by atoms with E-state index < -0.39 is 0 Å². The highest BCUT2D eigenvalue weighted by Gasteiger charge is 2.17. The second-order valence-electron chi connectivity index (χ2n) is 12.4. The van der Waals surface area contributed by atoms with Crippen molar-refractivity contribution < 1.29 is 4.42 Å². The molecule has 0 unspecified atom stereocenters. The van der Waals surface area contributed by atoms with Crippen LogP contribution in [0.2, 0.25) is 0 Å². The standard InChI is InChI=1S/C45H27N3O/c1-3-12-28(13-4-1)30-16-11-17-31(24-30)44-46-43(29-14-5-2-6-15-29)47-45(48-44)32-22-23-41-39(25-32)40-26-37-35-20-9-7-18-33(35)34-19-8-10-21-36(34)38(37)27-42(40)49-41/h1-27H. The van der Waals surface area contributed by atoms with Gasteiger partial charge in [-0.3, -0.25) is 0 Å². The Balaban J connectivity index is 1.18. The van der Waals surface area contributed by atoms with Crippen LogP contribution in [0.25, 0.3) is 99.5 Å². The van der Waals surface area contributed by atoms with Crippen molar-refractivity contribution in [3.8, 4) is 45.3 Å². The smallest absolute Gasteiger partial charge is 0.164 e. The van der Waals surface area contributed by atoms with Crippen LogP contribution in [0.1, 0.15) is 0 Å². The van der Waals surface area contributed by atoms with Crippen LogP contribution in [0.3, 0.4) is 0 Å². The summed E-state index contributed by atoms with van der Waals surface area (Å²) in [6, 6.07) is 56.9. The van der Waals surface area contributed by atoms with Crippen molar-refractivity contribution in [1.82, 2.24) is 15.0 Å². The molecule has 8 aromatic carbocycles. The predicted octanol–water partition coefficient (Wildman–Crippen LogP) is 11.9. The lowest BCUT2D eigenvalue weighted by Crippen LogP contribution is -2.00. The number of furan rings is 1. The van der Waals surface area contributed by atoms with Crippen LogP contribution in [0.5, 0.6) is 0 Å². The Hall–Kier alpha value is -6.65. The first-order valence-corrected chi connectivity index (χ1v) is 16.4. The van der Waals surface area contributed by atoms with E-state index in [0.717, 1.165) is 49.8 Å². The molecular weight excluding hydrogens is 599 g/mol. The molecule has 0 radical (unpaired) electrons. The summed E-state index contributed by atoms with van der Waals surface area (Å²) in [7, 11) is 0. The van der Waals surface area contributed by atoms with Gasteiger partial charge in [0, 0.05) is 27.5 Å². The molecule has 4 heteroatoms. The fourth-order valence-corrected chi connectivity index (χ4v) is 7.13. The van der Waals surface area contributed by atoms with Gasteiger partial charge in [0.1, 0.15) is 11.2 Å². The van der Waals surface area contributed by atoms with Crippen molar-refractivity contribution in [3.63, 3.8) is 0 Å². The average Bonchev–Trinajstić information content (AvgIpc) is 3.55. The molecule has 0 N–H and O–H groups in total. The zero-order chi connectivity index (χ0) is 32.3. The third kappa shape index (κ3) is 4.57. The van der Waals surface area contributed by atoms with Crippen molar-refractivity contribution in [2.75, 3.05) is 0 Å². The Morgan fingerprint density at radius 3 is 1.39 bits per heavy atom.